The predicted octanol–water partition coefficient (Wildman–Crippen LogP) is 14.7. The summed E-state index contributed by atoms with van der Waals surface area (Å²) in [5.74, 6) is 0. The molecule has 9 rings (SSSR count). The van der Waals surface area contributed by atoms with Crippen LogP contribution in [0.4, 0.5) is 34.1 Å². The van der Waals surface area contributed by atoms with Gasteiger partial charge in [-0.1, -0.05) is 117 Å². The van der Waals surface area contributed by atoms with E-state index in [0.717, 1.165) is 58.1 Å². The zero-order valence-electron chi connectivity index (χ0n) is 33.9. The standard InChI is InChI=1S/C55H50N3/c1-5-54(3)52-34-33-43(39-51(52)53-32-19-20-35-56(53)55(54,4)6-2)41-22-21-23-42(36-41)44-37-49(57(45-24-11-7-12-25-45)46-26-13-8-14-27-46)40-50(38-44)58(47-28-15-9-16-29-47)48-30-17-10-18-31-48/h7-40H,5-6H2,1-4H3/q+1. The van der Waals surface area contributed by atoms with Gasteiger partial charge >= 0.3 is 0 Å². The lowest BCUT2D eigenvalue weighted by Gasteiger charge is -2.46. The molecule has 0 amide bonds. The van der Waals surface area contributed by atoms with Crippen LogP contribution in [0.2, 0.25) is 0 Å². The summed E-state index contributed by atoms with van der Waals surface area (Å²) in [4.78, 5) is 4.72. The molecule has 0 aliphatic carbocycles. The summed E-state index contributed by atoms with van der Waals surface area (Å²) in [7, 11) is 0. The Morgan fingerprint density at radius 3 is 1.34 bits per heavy atom. The number of rotatable bonds is 10. The van der Waals surface area contributed by atoms with Crippen LogP contribution < -0.4 is 14.4 Å². The maximum Gasteiger partial charge on any atom is 0.213 e. The van der Waals surface area contributed by atoms with Gasteiger partial charge in [-0.2, -0.15) is 4.57 Å². The Morgan fingerprint density at radius 2 is 0.862 bits per heavy atom. The Bertz CT molecular complexity index is 2490. The maximum absolute atomic E-state index is 2.54. The van der Waals surface area contributed by atoms with Crippen molar-refractivity contribution >= 4 is 34.1 Å². The first-order valence-electron chi connectivity index (χ1n) is 20.6. The molecular formula is C55H50N3+. The number of anilines is 6. The monoisotopic (exact) mass is 752 g/mol. The van der Waals surface area contributed by atoms with E-state index in [2.05, 4.69) is 248 Å². The molecule has 0 saturated heterocycles. The lowest BCUT2D eigenvalue weighted by molar-refractivity contribution is -0.765. The molecule has 7 aromatic carbocycles. The largest absolute Gasteiger partial charge is 0.310 e. The first-order valence-corrected chi connectivity index (χ1v) is 20.6. The highest BCUT2D eigenvalue weighted by Gasteiger charge is 2.56. The van der Waals surface area contributed by atoms with Gasteiger partial charge in [-0.3, -0.25) is 0 Å². The third-order valence-electron chi connectivity index (χ3n) is 12.9. The van der Waals surface area contributed by atoms with E-state index in [9.17, 15) is 0 Å². The zero-order valence-corrected chi connectivity index (χ0v) is 33.9. The molecule has 0 fully saturated rings. The number of nitrogens with zero attached hydrogens (tertiary/aromatic N) is 3. The molecule has 8 aromatic rings. The van der Waals surface area contributed by atoms with Crippen LogP contribution in [0.1, 0.15) is 46.1 Å². The fourth-order valence-corrected chi connectivity index (χ4v) is 9.30. The average Bonchev–Trinajstić information content (AvgIpc) is 3.29. The molecule has 1 aliphatic rings. The molecule has 0 spiro atoms. The van der Waals surface area contributed by atoms with E-state index in [1.165, 1.54) is 27.9 Å². The van der Waals surface area contributed by atoms with Crippen molar-refractivity contribution in [3.63, 3.8) is 0 Å². The molecule has 1 aliphatic heterocycles. The minimum absolute atomic E-state index is 0.0138. The van der Waals surface area contributed by atoms with E-state index in [1.54, 1.807) is 0 Å². The van der Waals surface area contributed by atoms with Crippen molar-refractivity contribution in [2.24, 2.45) is 0 Å². The third-order valence-corrected chi connectivity index (χ3v) is 12.9. The van der Waals surface area contributed by atoms with Gasteiger partial charge in [0, 0.05) is 59.6 Å². The van der Waals surface area contributed by atoms with Gasteiger partial charge in [0.05, 0.1) is 11.0 Å². The molecule has 0 radical (unpaired) electrons. The van der Waals surface area contributed by atoms with E-state index >= 15 is 0 Å². The second-order valence-electron chi connectivity index (χ2n) is 15.9. The first kappa shape index (κ1) is 36.9. The zero-order chi connectivity index (χ0) is 39.7. The van der Waals surface area contributed by atoms with Gasteiger partial charge in [-0.05, 0) is 126 Å². The van der Waals surface area contributed by atoms with Crippen molar-refractivity contribution in [1.29, 1.82) is 0 Å². The summed E-state index contributed by atoms with van der Waals surface area (Å²) >= 11 is 0. The number of hydrogen-bond donors (Lipinski definition) is 0. The Labute approximate surface area is 344 Å². The second-order valence-corrected chi connectivity index (χ2v) is 15.9. The molecule has 0 saturated carbocycles. The van der Waals surface area contributed by atoms with E-state index in [-0.39, 0.29) is 11.0 Å². The van der Waals surface area contributed by atoms with Crippen LogP contribution in [0.3, 0.4) is 0 Å². The first-order chi connectivity index (χ1) is 28.4. The summed E-state index contributed by atoms with van der Waals surface area (Å²) in [6.07, 6.45) is 4.41. The van der Waals surface area contributed by atoms with Crippen molar-refractivity contribution in [3.05, 3.63) is 212 Å². The Hall–Kier alpha value is -6.71. The molecule has 0 bridgehead atoms. The molecule has 2 unspecified atom stereocenters. The van der Waals surface area contributed by atoms with Gasteiger partial charge in [0.2, 0.25) is 5.69 Å². The van der Waals surface area contributed by atoms with E-state index in [1.807, 2.05) is 0 Å². The molecule has 0 N–H and O–H groups in total. The van der Waals surface area contributed by atoms with Crippen LogP contribution in [0.5, 0.6) is 0 Å². The normalized spacial score (nSPS) is 16.9. The quantitative estimate of drug-likeness (QED) is 0.129. The van der Waals surface area contributed by atoms with Crippen LogP contribution >= 0.6 is 0 Å². The van der Waals surface area contributed by atoms with Gasteiger partial charge in [0.15, 0.2) is 11.7 Å². The molecule has 284 valence electrons. The van der Waals surface area contributed by atoms with Crippen molar-refractivity contribution in [2.45, 2.75) is 51.5 Å². The average molecular weight is 753 g/mol. The van der Waals surface area contributed by atoms with Crippen LogP contribution in [0, 0.1) is 0 Å². The highest BCUT2D eigenvalue weighted by atomic mass is 15.2. The topological polar surface area (TPSA) is 10.4 Å². The lowest BCUT2D eigenvalue weighted by atomic mass is 9.60. The van der Waals surface area contributed by atoms with Crippen molar-refractivity contribution in [3.8, 4) is 33.5 Å². The van der Waals surface area contributed by atoms with Crippen molar-refractivity contribution in [2.75, 3.05) is 9.80 Å². The highest BCUT2D eigenvalue weighted by Crippen LogP contribution is 2.50. The van der Waals surface area contributed by atoms with Crippen molar-refractivity contribution < 1.29 is 4.57 Å². The van der Waals surface area contributed by atoms with Crippen LogP contribution in [-0.4, -0.2) is 0 Å². The predicted molar refractivity (Wildman–Crippen MR) is 244 cm³/mol. The summed E-state index contributed by atoms with van der Waals surface area (Å²) < 4.78 is 2.54. The SMILES string of the molecule is CCC1(C)c2ccc(-c3cccc(-c4cc(N(c5ccccc5)c5ccccc5)cc(N(c5ccccc5)c5ccccc5)c4)c3)cc2-c2cccc[n+]2C1(C)CC. The molecule has 2 heterocycles. The molecule has 2 atom stereocenters. The van der Waals surface area contributed by atoms with Gasteiger partial charge in [-0.15, -0.1) is 0 Å². The van der Waals surface area contributed by atoms with E-state index in [4.69, 9.17) is 0 Å². The molecule has 3 heteroatoms. The molecule has 58 heavy (non-hydrogen) atoms. The van der Waals surface area contributed by atoms with Gasteiger partial charge in [-0.25, -0.2) is 0 Å². The second kappa shape index (κ2) is 15.3. The highest BCUT2D eigenvalue weighted by molar-refractivity contribution is 5.88. The van der Waals surface area contributed by atoms with Gasteiger partial charge in [0.1, 0.15) is 0 Å². The summed E-state index contributed by atoms with van der Waals surface area (Å²) in [6, 6.07) is 72.7. The van der Waals surface area contributed by atoms with Gasteiger partial charge < -0.3 is 9.80 Å². The van der Waals surface area contributed by atoms with Crippen molar-refractivity contribution in [1.82, 2.24) is 0 Å². The number of pyridine rings is 1. The van der Waals surface area contributed by atoms with Crippen LogP contribution in [0.25, 0.3) is 33.5 Å². The van der Waals surface area contributed by atoms with Crippen LogP contribution in [0.15, 0.2) is 206 Å². The third kappa shape index (κ3) is 6.37. The minimum atomic E-state index is -0.0315. The maximum atomic E-state index is 2.54. The molecule has 3 nitrogen and oxygen atoms in total. The number of aromatic nitrogens is 1. The molecular weight excluding hydrogens is 703 g/mol. The number of benzene rings is 7. The van der Waals surface area contributed by atoms with Gasteiger partial charge in [0.25, 0.3) is 0 Å². The smallest absolute Gasteiger partial charge is 0.213 e. The Morgan fingerprint density at radius 1 is 0.397 bits per heavy atom. The Kier molecular flexibility index (Phi) is 9.75. The van der Waals surface area contributed by atoms with Crippen LogP contribution in [-0.2, 0) is 11.0 Å². The number of fused-ring (bicyclic) bond motifs is 3. The summed E-state index contributed by atoms with van der Waals surface area (Å²) in [5, 5.41) is 0. The summed E-state index contributed by atoms with van der Waals surface area (Å²) in [5.41, 5.74) is 15.3. The molecule has 1 aromatic heterocycles. The number of para-hydroxylation sites is 4. The fourth-order valence-electron chi connectivity index (χ4n) is 9.30. The minimum Gasteiger partial charge on any atom is -0.310 e. The Balaban J connectivity index is 1.23. The number of hydrogen-bond acceptors (Lipinski definition) is 2. The van der Waals surface area contributed by atoms with E-state index in [0.29, 0.717) is 0 Å². The lowest BCUT2D eigenvalue weighted by Crippen LogP contribution is -2.67. The summed E-state index contributed by atoms with van der Waals surface area (Å²) in [6.45, 7) is 9.59. The van der Waals surface area contributed by atoms with E-state index < -0.39 is 0 Å². The fraction of sp³-hybridized carbons (Fsp3) is 0.145.